The van der Waals surface area contributed by atoms with Gasteiger partial charge in [-0.05, 0) is 41.3 Å². The number of hydrogen-bond donors (Lipinski definition) is 1. The molecule has 17 heavy (non-hydrogen) atoms. The molecule has 2 heteroatoms. The molecule has 0 amide bonds. The van der Waals surface area contributed by atoms with E-state index in [1.165, 1.54) is 0 Å². The summed E-state index contributed by atoms with van der Waals surface area (Å²) in [6.07, 6.45) is 0. The van der Waals surface area contributed by atoms with Gasteiger partial charge in [0, 0.05) is 0 Å². The quantitative estimate of drug-likeness (QED) is 0.850. The Kier molecular flexibility index (Phi) is 3.22. The summed E-state index contributed by atoms with van der Waals surface area (Å²) in [5, 5.41) is 18.0. The van der Waals surface area contributed by atoms with E-state index in [2.05, 4.69) is 6.07 Å². The molecule has 84 valence electrons. The highest BCUT2D eigenvalue weighted by Crippen LogP contribution is 2.23. The lowest BCUT2D eigenvalue weighted by Gasteiger charge is -2.07. The molecule has 1 N–H and O–H groups in total. The Morgan fingerprint density at radius 2 is 1.88 bits per heavy atom. The average molecular weight is 223 g/mol. The maximum atomic E-state index is 9.12. The zero-order valence-electron chi connectivity index (χ0n) is 9.64. The highest BCUT2D eigenvalue weighted by Gasteiger charge is 2.02. The van der Waals surface area contributed by atoms with Gasteiger partial charge in [-0.2, -0.15) is 5.26 Å². The van der Waals surface area contributed by atoms with Crippen LogP contribution in [0.1, 0.15) is 16.7 Å². The topological polar surface area (TPSA) is 44.0 Å². The van der Waals surface area contributed by atoms with Crippen molar-refractivity contribution in [1.82, 2.24) is 0 Å². The van der Waals surface area contributed by atoms with E-state index < -0.39 is 0 Å². The molecule has 0 aliphatic rings. The minimum Gasteiger partial charge on any atom is -0.392 e. The molecule has 0 aliphatic heterocycles. The molecule has 0 saturated carbocycles. The molecule has 2 nitrogen and oxygen atoms in total. The van der Waals surface area contributed by atoms with Gasteiger partial charge in [0.1, 0.15) is 0 Å². The molecule has 0 atom stereocenters. The zero-order valence-corrected chi connectivity index (χ0v) is 9.64. The van der Waals surface area contributed by atoms with Gasteiger partial charge in [0.2, 0.25) is 0 Å². The maximum absolute atomic E-state index is 9.12. The number of hydrogen-bond acceptors (Lipinski definition) is 2. The number of nitrogens with zero attached hydrogens (tertiary/aromatic N) is 1. The molecular weight excluding hydrogens is 210 g/mol. The standard InChI is InChI=1S/C15H13NO/c1-11-7-14(5-6-15(11)10-17)13-4-2-3-12(8-13)9-16/h2-8,17H,10H2,1H3. The second kappa shape index (κ2) is 4.82. The fourth-order valence-corrected chi connectivity index (χ4v) is 1.82. The number of aliphatic hydroxyl groups excluding tert-OH is 1. The Morgan fingerprint density at radius 1 is 1.12 bits per heavy atom. The normalized spacial score (nSPS) is 9.94. The van der Waals surface area contributed by atoms with Crippen molar-refractivity contribution in [3.63, 3.8) is 0 Å². The number of rotatable bonds is 2. The van der Waals surface area contributed by atoms with Gasteiger partial charge >= 0.3 is 0 Å². The van der Waals surface area contributed by atoms with Crippen molar-refractivity contribution in [1.29, 1.82) is 5.26 Å². The minimum absolute atomic E-state index is 0.0599. The summed E-state index contributed by atoms with van der Waals surface area (Å²) in [5.41, 5.74) is 4.75. The summed E-state index contributed by atoms with van der Waals surface area (Å²) in [6.45, 7) is 2.04. The third-order valence-corrected chi connectivity index (χ3v) is 2.84. The van der Waals surface area contributed by atoms with Crippen molar-refractivity contribution in [2.24, 2.45) is 0 Å². The Balaban J connectivity index is 2.46. The van der Waals surface area contributed by atoms with Crippen LogP contribution in [-0.4, -0.2) is 5.11 Å². The molecule has 0 unspecified atom stereocenters. The molecule has 2 aromatic rings. The van der Waals surface area contributed by atoms with E-state index in [1.54, 1.807) is 6.07 Å². The molecule has 0 bridgehead atoms. The first kappa shape index (κ1) is 11.4. The number of aryl methyl sites for hydroxylation is 1. The highest BCUT2D eigenvalue weighted by atomic mass is 16.3. The summed E-state index contributed by atoms with van der Waals surface area (Å²) in [4.78, 5) is 0. The van der Waals surface area contributed by atoms with Gasteiger partial charge in [0.25, 0.3) is 0 Å². The van der Waals surface area contributed by atoms with Crippen LogP contribution in [0.4, 0.5) is 0 Å². The fraction of sp³-hybridized carbons (Fsp3) is 0.133. The summed E-state index contributed by atoms with van der Waals surface area (Å²) >= 11 is 0. The van der Waals surface area contributed by atoms with Gasteiger partial charge in [0.05, 0.1) is 18.2 Å². The summed E-state index contributed by atoms with van der Waals surface area (Å²) in [7, 11) is 0. The zero-order chi connectivity index (χ0) is 12.3. The highest BCUT2D eigenvalue weighted by molar-refractivity contribution is 5.66. The van der Waals surface area contributed by atoms with Crippen molar-refractivity contribution in [3.8, 4) is 17.2 Å². The predicted octanol–water partition coefficient (Wildman–Crippen LogP) is 3.03. The van der Waals surface area contributed by atoms with Crippen molar-refractivity contribution in [3.05, 3.63) is 59.2 Å². The van der Waals surface area contributed by atoms with Crippen LogP contribution in [0.5, 0.6) is 0 Å². The first-order chi connectivity index (χ1) is 8.24. The van der Waals surface area contributed by atoms with Gasteiger partial charge in [-0.3, -0.25) is 0 Å². The van der Waals surface area contributed by atoms with E-state index in [9.17, 15) is 0 Å². The van der Waals surface area contributed by atoms with Crippen LogP contribution < -0.4 is 0 Å². The monoisotopic (exact) mass is 223 g/mol. The van der Waals surface area contributed by atoms with Gasteiger partial charge in [-0.25, -0.2) is 0 Å². The van der Waals surface area contributed by atoms with Crippen LogP contribution >= 0.6 is 0 Å². The fourth-order valence-electron chi connectivity index (χ4n) is 1.82. The first-order valence-corrected chi connectivity index (χ1v) is 5.45. The average Bonchev–Trinajstić information content (AvgIpc) is 2.38. The third-order valence-electron chi connectivity index (χ3n) is 2.84. The molecule has 0 radical (unpaired) electrons. The van der Waals surface area contributed by atoms with Crippen molar-refractivity contribution >= 4 is 0 Å². The summed E-state index contributed by atoms with van der Waals surface area (Å²) < 4.78 is 0. The number of aliphatic hydroxyl groups is 1. The Morgan fingerprint density at radius 3 is 2.53 bits per heavy atom. The Labute approximate surface area is 101 Å². The lowest BCUT2D eigenvalue weighted by molar-refractivity contribution is 0.281. The van der Waals surface area contributed by atoms with Crippen LogP contribution in [0.3, 0.4) is 0 Å². The SMILES string of the molecule is Cc1cc(-c2cccc(C#N)c2)ccc1CO. The molecule has 0 aliphatic carbocycles. The van der Waals surface area contributed by atoms with Crippen LogP contribution in [0.15, 0.2) is 42.5 Å². The molecule has 2 rings (SSSR count). The van der Waals surface area contributed by atoms with E-state index in [-0.39, 0.29) is 6.61 Å². The number of benzene rings is 2. The molecule has 0 heterocycles. The Bertz CT molecular complexity index is 582. The van der Waals surface area contributed by atoms with E-state index in [4.69, 9.17) is 10.4 Å². The van der Waals surface area contributed by atoms with Crippen molar-refractivity contribution < 1.29 is 5.11 Å². The number of nitriles is 1. The van der Waals surface area contributed by atoms with Gasteiger partial charge in [0.15, 0.2) is 0 Å². The van der Waals surface area contributed by atoms with E-state index in [1.807, 2.05) is 43.3 Å². The minimum atomic E-state index is 0.0599. The van der Waals surface area contributed by atoms with E-state index in [0.717, 1.165) is 22.3 Å². The largest absolute Gasteiger partial charge is 0.392 e. The first-order valence-electron chi connectivity index (χ1n) is 5.45. The van der Waals surface area contributed by atoms with Crippen LogP contribution in [0.2, 0.25) is 0 Å². The van der Waals surface area contributed by atoms with Crippen LogP contribution in [0, 0.1) is 18.3 Å². The van der Waals surface area contributed by atoms with E-state index in [0.29, 0.717) is 5.56 Å². The maximum Gasteiger partial charge on any atom is 0.0991 e. The predicted molar refractivity (Wildman–Crippen MR) is 67.3 cm³/mol. The lowest BCUT2D eigenvalue weighted by Crippen LogP contribution is -1.89. The molecular formula is C15H13NO. The second-order valence-electron chi connectivity index (χ2n) is 3.99. The van der Waals surface area contributed by atoms with E-state index >= 15 is 0 Å². The van der Waals surface area contributed by atoms with Crippen molar-refractivity contribution in [2.75, 3.05) is 0 Å². The second-order valence-corrected chi connectivity index (χ2v) is 3.99. The third kappa shape index (κ3) is 2.35. The molecule has 0 spiro atoms. The van der Waals surface area contributed by atoms with Crippen LogP contribution in [0.25, 0.3) is 11.1 Å². The van der Waals surface area contributed by atoms with Gasteiger partial charge in [-0.15, -0.1) is 0 Å². The summed E-state index contributed by atoms with van der Waals surface area (Å²) in [5.74, 6) is 0. The molecule has 0 fully saturated rings. The van der Waals surface area contributed by atoms with Crippen LogP contribution in [-0.2, 0) is 6.61 Å². The molecule has 0 aromatic heterocycles. The molecule has 2 aromatic carbocycles. The Hall–Kier alpha value is -2.11. The molecule has 0 saturated heterocycles. The van der Waals surface area contributed by atoms with Gasteiger partial charge < -0.3 is 5.11 Å². The summed E-state index contributed by atoms with van der Waals surface area (Å²) in [6, 6.07) is 15.6. The van der Waals surface area contributed by atoms with Crippen molar-refractivity contribution in [2.45, 2.75) is 13.5 Å². The lowest BCUT2D eigenvalue weighted by atomic mass is 9.99. The van der Waals surface area contributed by atoms with Gasteiger partial charge in [-0.1, -0.05) is 30.3 Å². The smallest absolute Gasteiger partial charge is 0.0991 e.